The molecule has 1 aromatic heterocycles. The largest absolute Gasteiger partial charge is 0.389 e. The second kappa shape index (κ2) is 6.11. The van der Waals surface area contributed by atoms with Crippen molar-refractivity contribution in [2.75, 3.05) is 26.0 Å². The van der Waals surface area contributed by atoms with Crippen molar-refractivity contribution >= 4 is 22.9 Å². The van der Waals surface area contributed by atoms with Gasteiger partial charge >= 0.3 is 0 Å². The number of likely N-dealkylation sites (N-methyl/N-ethyl adjacent to an activating group) is 1. The summed E-state index contributed by atoms with van der Waals surface area (Å²) in [5.74, 6) is 0. The average molecular weight is 266 g/mol. The summed E-state index contributed by atoms with van der Waals surface area (Å²) in [6, 6.07) is 2.31. The van der Waals surface area contributed by atoms with Crippen molar-refractivity contribution in [3.8, 4) is 0 Å². The van der Waals surface area contributed by atoms with Gasteiger partial charge in [-0.05, 0) is 40.9 Å². The van der Waals surface area contributed by atoms with Crippen molar-refractivity contribution in [3.05, 3.63) is 23.0 Å². The van der Waals surface area contributed by atoms with E-state index in [-0.39, 0.29) is 0 Å². The predicted molar refractivity (Wildman–Crippen MR) is 81.2 cm³/mol. The van der Waals surface area contributed by atoms with Gasteiger partial charge in [-0.3, -0.25) is 4.98 Å². The number of nitrogens with two attached hydrogens (primary N) is 1. The fourth-order valence-corrected chi connectivity index (χ4v) is 2.37. The maximum atomic E-state index is 5.78. The van der Waals surface area contributed by atoms with Gasteiger partial charge in [-0.15, -0.1) is 0 Å². The zero-order chi connectivity index (χ0) is 13.9. The van der Waals surface area contributed by atoms with Crippen molar-refractivity contribution in [1.82, 2.24) is 9.88 Å². The van der Waals surface area contributed by atoms with Crippen LogP contribution >= 0.6 is 12.2 Å². The standard InChI is InChI=1S/C13H22N4S/c1-8-6-11(16-9(2)7-17(4)5)12(13(14)18)10(3)15-8/h6,9H,7H2,1-5H3,(H2,14,18)(H,15,16). The summed E-state index contributed by atoms with van der Waals surface area (Å²) >= 11 is 5.11. The van der Waals surface area contributed by atoms with Crippen LogP contribution in [0.5, 0.6) is 0 Å². The molecule has 0 spiro atoms. The summed E-state index contributed by atoms with van der Waals surface area (Å²) in [4.78, 5) is 6.93. The highest BCUT2D eigenvalue weighted by Gasteiger charge is 2.13. The highest BCUT2D eigenvalue weighted by molar-refractivity contribution is 7.80. The average Bonchev–Trinajstić information content (AvgIpc) is 2.12. The number of pyridine rings is 1. The first-order valence-corrected chi connectivity index (χ1v) is 6.41. The lowest BCUT2D eigenvalue weighted by molar-refractivity contribution is 0.392. The van der Waals surface area contributed by atoms with Gasteiger partial charge in [0.2, 0.25) is 0 Å². The lowest BCUT2D eigenvalue weighted by Gasteiger charge is -2.22. The van der Waals surface area contributed by atoms with Crippen LogP contribution in [-0.2, 0) is 0 Å². The molecule has 0 aliphatic heterocycles. The number of aryl methyl sites for hydroxylation is 2. The first-order chi connectivity index (χ1) is 8.31. The van der Waals surface area contributed by atoms with Gasteiger partial charge in [-0.2, -0.15) is 0 Å². The van der Waals surface area contributed by atoms with E-state index < -0.39 is 0 Å². The number of thiocarbonyl (C=S) groups is 1. The van der Waals surface area contributed by atoms with Gasteiger partial charge in [0.15, 0.2) is 0 Å². The second-order valence-corrected chi connectivity index (χ2v) is 5.38. The van der Waals surface area contributed by atoms with E-state index in [0.717, 1.165) is 29.2 Å². The van der Waals surface area contributed by atoms with E-state index in [9.17, 15) is 0 Å². The second-order valence-electron chi connectivity index (χ2n) is 4.94. The van der Waals surface area contributed by atoms with Crippen LogP contribution in [0.3, 0.4) is 0 Å². The van der Waals surface area contributed by atoms with E-state index in [2.05, 4.69) is 36.2 Å². The Labute approximate surface area is 115 Å². The third kappa shape index (κ3) is 3.92. The van der Waals surface area contributed by atoms with Crippen LogP contribution in [0.4, 0.5) is 5.69 Å². The Morgan fingerprint density at radius 2 is 2.11 bits per heavy atom. The lowest BCUT2D eigenvalue weighted by atomic mass is 10.1. The topological polar surface area (TPSA) is 54.2 Å². The number of nitrogens with one attached hydrogen (secondary N) is 1. The van der Waals surface area contributed by atoms with E-state index in [4.69, 9.17) is 18.0 Å². The van der Waals surface area contributed by atoms with E-state index in [1.807, 2.05) is 19.9 Å². The van der Waals surface area contributed by atoms with Crippen LogP contribution in [0, 0.1) is 13.8 Å². The van der Waals surface area contributed by atoms with Crippen LogP contribution in [0.2, 0.25) is 0 Å². The molecule has 5 heteroatoms. The Bertz CT molecular complexity index is 443. The molecule has 1 atom stereocenters. The van der Waals surface area contributed by atoms with E-state index in [1.165, 1.54) is 0 Å². The van der Waals surface area contributed by atoms with Gasteiger partial charge in [-0.1, -0.05) is 12.2 Å². The summed E-state index contributed by atoms with van der Waals surface area (Å²) in [6.07, 6.45) is 0. The zero-order valence-electron chi connectivity index (χ0n) is 11.7. The molecule has 0 aromatic carbocycles. The van der Waals surface area contributed by atoms with Crippen LogP contribution in [0.25, 0.3) is 0 Å². The summed E-state index contributed by atoms with van der Waals surface area (Å²) in [5, 5.41) is 3.46. The molecule has 3 N–H and O–H groups in total. The smallest absolute Gasteiger partial charge is 0.107 e. The Kier molecular flexibility index (Phi) is 5.04. The van der Waals surface area contributed by atoms with Crippen LogP contribution in [-0.4, -0.2) is 41.6 Å². The Balaban J connectivity index is 3.03. The molecule has 1 rings (SSSR count). The van der Waals surface area contributed by atoms with Crippen LogP contribution in [0.15, 0.2) is 6.07 Å². The Morgan fingerprint density at radius 3 is 2.61 bits per heavy atom. The van der Waals surface area contributed by atoms with E-state index in [1.54, 1.807) is 0 Å². The molecule has 0 bridgehead atoms. The Morgan fingerprint density at radius 1 is 1.50 bits per heavy atom. The van der Waals surface area contributed by atoms with Gasteiger partial charge in [0.1, 0.15) is 4.99 Å². The molecule has 0 saturated heterocycles. The quantitative estimate of drug-likeness (QED) is 0.794. The molecule has 0 aliphatic rings. The maximum Gasteiger partial charge on any atom is 0.107 e. The molecule has 4 nitrogen and oxygen atoms in total. The van der Waals surface area contributed by atoms with Gasteiger partial charge in [0, 0.05) is 29.7 Å². The summed E-state index contributed by atoms with van der Waals surface area (Å²) in [5.41, 5.74) is 9.45. The van der Waals surface area contributed by atoms with Crippen molar-refractivity contribution in [1.29, 1.82) is 0 Å². The van der Waals surface area contributed by atoms with Crippen molar-refractivity contribution in [3.63, 3.8) is 0 Å². The molecule has 1 aromatic rings. The van der Waals surface area contributed by atoms with Crippen LogP contribution < -0.4 is 11.1 Å². The fraction of sp³-hybridized carbons (Fsp3) is 0.538. The van der Waals surface area contributed by atoms with E-state index in [0.29, 0.717) is 11.0 Å². The minimum Gasteiger partial charge on any atom is -0.389 e. The molecule has 100 valence electrons. The molecule has 18 heavy (non-hydrogen) atoms. The zero-order valence-corrected chi connectivity index (χ0v) is 12.6. The Hall–Kier alpha value is -1.20. The summed E-state index contributed by atoms with van der Waals surface area (Å²) in [7, 11) is 4.10. The molecule has 0 amide bonds. The van der Waals surface area contributed by atoms with Gasteiger partial charge in [0.25, 0.3) is 0 Å². The SMILES string of the molecule is Cc1cc(NC(C)CN(C)C)c(C(N)=S)c(C)n1. The maximum absolute atomic E-state index is 5.78. The predicted octanol–water partition coefficient (Wildman–Crippen LogP) is 1.69. The summed E-state index contributed by atoms with van der Waals surface area (Å²) in [6.45, 7) is 6.98. The minimum atomic E-state index is 0.314. The molecule has 1 heterocycles. The van der Waals surface area contributed by atoms with Gasteiger partial charge < -0.3 is 16.0 Å². The number of rotatable bonds is 5. The van der Waals surface area contributed by atoms with Gasteiger partial charge in [0.05, 0.1) is 5.56 Å². The highest BCUT2D eigenvalue weighted by atomic mass is 32.1. The van der Waals surface area contributed by atoms with Crippen molar-refractivity contribution in [2.45, 2.75) is 26.8 Å². The third-order valence-corrected chi connectivity index (χ3v) is 2.82. The number of hydrogen-bond acceptors (Lipinski definition) is 4. The van der Waals surface area contributed by atoms with Gasteiger partial charge in [-0.25, -0.2) is 0 Å². The molecule has 0 fully saturated rings. The number of anilines is 1. The lowest BCUT2D eigenvalue weighted by Crippen LogP contribution is -2.30. The van der Waals surface area contributed by atoms with Crippen LogP contribution in [0.1, 0.15) is 23.9 Å². The molecular weight excluding hydrogens is 244 g/mol. The minimum absolute atomic E-state index is 0.314. The van der Waals surface area contributed by atoms with E-state index >= 15 is 0 Å². The fourth-order valence-electron chi connectivity index (χ4n) is 2.11. The first kappa shape index (κ1) is 14.9. The molecule has 0 radical (unpaired) electrons. The number of aromatic nitrogens is 1. The monoisotopic (exact) mass is 266 g/mol. The molecule has 0 saturated carbocycles. The highest BCUT2D eigenvalue weighted by Crippen LogP contribution is 2.20. The third-order valence-electron chi connectivity index (χ3n) is 2.62. The molecule has 1 unspecified atom stereocenters. The number of nitrogens with zero attached hydrogens (tertiary/aromatic N) is 2. The normalized spacial score (nSPS) is 12.6. The number of hydrogen-bond donors (Lipinski definition) is 2. The molecular formula is C13H22N4S. The first-order valence-electron chi connectivity index (χ1n) is 6.00. The van der Waals surface area contributed by atoms with Crippen molar-refractivity contribution < 1.29 is 0 Å². The van der Waals surface area contributed by atoms with Crippen molar-refractivity contribution in [2.24, 2.45) is 5.73 Å². The molecule has 0 aliphatic carbocycles. The summed E-state index contributed by atoms with van der Waals surface area (Å²) < 4.78 is 0.